The molecule has 9 heteroatoms. The number of carbonyl (C=O) groups is 1. The smallest absolute Gasteiger partial charge is 0.380 e. The number of halogens is 4. The normalized spacial score (nSPS) is 13.3. The van der Waals surface area contributed by atoms with E-state index in [1.54, 1.807) is 6.92 Å². The lowest BCUT2D eigenvalue weighted by Gasteiger charge is -2.24. The van der Waals surface area contributed by atoms with E-state index in [1.807, 2.05) is 0 Å². The summed E-state index contributed by atoms with van der Waals surface area (Å²) in [5.74, 6) is -0.629. The van der Waals surface area contributed by atoms with E-state index in [1.165, 1.54) is 19.1 Å². The van der Waals surface area contributed by atoms with Gasteiger partial charge in [0.05, 0.1) is 18.3 Å². The van der Waals surface area contributed by atoms with E-state index in [0.717, 1.165) is 10.7 Å². The molecule has 0 fully saturated rings. The lowest BCUT2D eigenvalue weighted by Crippen LogP contribution is -2.38. The van der Waals surface area contributed by atoms with Gasteiger partial charge in [-0.3, -0.25) is 9.48 Å². The monoisotopic (exact) mass is 327 g/mol. The van der Waals surface area contributed by atoms with Crippen molar-refractivity contribution in [3.8, 4) is 0 Å². The van der Waals surface area contributed by atoms with Crippen molar-refractivity contribution in [3.05, 3.63) is 17.5 Å². The molecule has 0 spiro atoms. The molecule has 0 saturated heterocycles. The number of ether oxygens (including phenoxy) is 1. The molecule has 0 aromatic carbocycles. The van der Waals surface area contributed by atoms with Gasteiger partial charge in [-0.2, -0.15) is 18.3 Å². The molecule has 0 N–H and O–H groups in total. The van der Waals surface area contributed by atoms with E-state index < -0.39 is 11.9 Å². The molecular weight excluding hydrogens is 311 g/mol. The lowest BCUT2D eigenvalue weighted by atomic mass is 10.3. The van der Waals surface area contributed by atoms with Crippen molar-refractivity contribution in [2.75, 3.05) is 19.5 Å². The van der Waals surface area contributed by atoms with Gasteiger partial charge in [0.15, 0.2) is 5.69 Å². The second-order valence-corrected chi connectivity index (χ2v) is 4.86. The first kappa shape index (κ1) is 17.8. The lowest BCUT2D eigenvalue weighted by molar-refractivity contribution is -0.141. The Balaban J connectivity index is 2.93. The van der Waals surface area contributed by atoms with E-state index in [-0.39, 0.29) is 36.7 Å². The molecule has 0 unspecified atom stereocenters. The van der Waals surface area contributed by atoms with Crippen LogP contribution in [0.4, 0.5) is 13.2 Å². The Labute approximate surface area is 125 Å². The zero-order valence-corrected chi connectivity index (χ0v) is 12.7. The van der Waals surface area contributed by atoms with E-state index in [0.29, 0.717) is 0 Å². The van der Waals surface area contributed by atoms with Gasteiger partial charge in [-0.15, -0.1) is 11.6 Å². The number of aryl methyl sites for hydroxylation is 1. The van der Waals surface area contributed by atoms with Gasteiger partial charge < -0.3 is 9.64 Å². The molecule has 0 saturated carbocycles. The van der Waals surface area contributed by atoms with Crippen LogP contribution in [0.25, 0.3) is 0 Å². The fraction of sp³-hybridized carbons (Fsp3) is 0.667. The maximum Gasteiger partial charge on any atom is 0.435 e. The fourth-order valence-electron chi connectivity index (χ4n) is 1.71. The summed E-state index contributed by atoms with van der Waals surface area (Å²) in [6, 6.07) is 0.923. The van der Waals surface area contributed by atoms with E-state index in [9.17, 15) is 18.0 Å². The Morgan fingerprint density at radius 1 is 1.57 bits per heavy atom. The molecule has 21 heavy (non-hydrogen) atoms. The quantitative estimate of drug-likeness (QED) is 0.751. The molecule has 0 aliphatic heterocycles. The standard InChI is InChI=1S/C12H17ClF3N3O2/c1-8(21-3)6-19(11(20)5-13)7-9-4-10(12(14,15)16)17-18(9)2/h4,8H,5-7H2,1-3H3/t8-/m1/s1. The van der Waals surface area contributed by atoms with Gasteiger partial charge in [0.2, 0.25) is 5.91 Å². The second kappa shape index (κ2) is 7.13. The SMILES string of the molecule is CO[C@H](C)CN(Cc1cc(C(F)(F)F)nn1C)C(=O)CCl. The highest BCUT2D eigenvalue weighted by molar-refractivity contribution is 6.27. The van der Waals surface area contributed by atoms with Gasteiger partial charge in [-0.25, -0.2) is 0 Å². The zero-order valence-electron chi connectivity index (χ0n) is 11.9. The van der Waals surface area contributed by atoms with Crippen molar-refractivity contribution < 1.29 is 22.7 Å². The number of alkyl halides is 4. The van der Waals surface area contributed by atoms with Gasteiger partial charge in [0.1, 0.15) is 5.88 Å². The number of methoxy groups -OCH3 is 1. The summed E-state index contributed by atoms with van der Waals surface area (Å²) in [5, 5.41) is 3.41. The van der Waals surface area contributed by atoms with Crippen molar-refractivity contribution in [1.82, 2.24) is 14.7 Å². The molecule has 0 bridgehead atoms. The summed E-state index contributed by atoms with van der Waals surface area (Å²) >= 11 is 5.52. The Hall–Kier alpha value is -1.28. The summed E-state index contributed by atoms with van der Waals surface area (Å²) in [6.45, 7) is 1.96. The third kappa shape index (κ3) is 4.89. The highest BCUT2D eigenvalue weighted by Crippen LogP contribution is 2.28. The average molecular weight is 328 g/mol. The Kier molecular flexibility index (Phi) is 6.03. The first-order valence-electron chi connectivity index (χ1n) is 6.15. The summed E-state index contributed by atoms with van der Waals surface area (Å²) in [6.07, 6.45) is -4.77. The van der Waals surface area contributed by atoms with Gasteiger partial charge in [-0.1, -0.05) is 0 Å². The van der Waals surface area contributed by atoms with Crippen molar-refractivity contribution in [1.29, 1.82) is 0 Å². The van der Waals surface area contributed by atoms with Crippen LogP contribution in [0.3, 0.4) is 0 Å². The van der Waals surface area contributed by atoms with Crippen LogP contribution in [0.1, 0.15) is 18.3 Å². The van der Waals surface area contributed by atoms with Gasteiger partial charge >= 0.3 is 6.18 Å². The topological polar surface area (TPSA) is 47.4 Å². The van der Waals surface area contributed by atoms with Gasteiger partial charge in [-0.05, 0) is 13.0 Å². The van der Waals surface area contributed by atoms with Crippen molar-refractivity contribution in [2.24, 2.45) is 7.05 Å². The number of aromatic nitrogens is 2. The molecule has 120 valence electrons. The number of rotatable bonds is 6. The van der Waals surface area contributed by atoms with E-state index in [2.05, 4.69) is 5.10 Å². The predicted octanol–water partition coefficient (Wildman–Crippen LogP) is 2.04. The average Bonchev–Trinajstić information content (AvgIpc) is 2.78. The molecule has 0 aliphatic rings. The highest BCUT2D eigenvalue weighted by Gasteiger charge is 2.34. The molecule has 0 radical (unpaired) electrons. The minimum Gasteiger partial charge on any atom is -0.380 e. The first-order valence-corrected chi connectivity index (χ1v) is 6.69. The zero-order chi connectivity index (χ0) is 16.2. The minimum absolute atomic E-state index is 0.0150. The molecular formula is C12H17ClF3N3O2. The van der Waals surface area contributed by atoms with Crippen LogP contribution in [0.2, 0.25) is 0 Å². The van der Waals surface area contributed by atoms with E-state index >= 15 is 0 Å². The van der Waals surface area contributed by atoms with Crippen molar-refractivity contribution in [3.63, 3.8) is 0 Å². The predicted molar refractivity (Wildman–Crippen MR) is 70.8 cm³/mol. The van der Waals surface area contributed by atoms with Crippen LogP contribution in [0.15, 0.2) is 6.07 Å². The van der Waals surface area contributed by atoms with Crippen molar-refractivity contribution >= 4 is 17.5 Å². The number of amides is 1. The van der Waals surface area contributed by atoms with Gasteiger partial charge in [0.25, 0.3) is 0 Å². The maximum absolute atomic E-state index is 12.6. The van der Waals surface area contributed by atoms with Crippen LogP contribution in [0, 0.1) is 0 Å². The van der Waals surface area contributed by atoms with Crippen LogP contribution >= 0.6 is 11.6 Å². The Morgan fingerprint density at radius 3 is 2.62 bits per heavy atom. The van der Waals surface area contributed by atoms with Crippen LogP contribution < -0.4 is 0 Å². The largest absolute Gasteiger partial charge is 0.435 e. The summed E-state index contributed by atoms with van der Waals surface area (Å²) < 4.78 is 44.0. The summed E-state index contributed by atoms with van der Waals surface area (Å²) in [5.41, 5.74) is -0.720. The summed E-state index contributed by atoms with van der Waals surface area (Å²) in [4.78, 5) is 13.1. The minimum atomic E-state index is -4.52. The Morgan fingerprint density at radius 2 is 2.19 bits per heavy atom. The maximum atomic E-state index is 12.6. The molecule has 1 aromatic heterocycles. The van der Waals surface area contributed by atoms with Crippen molar-refractivity contribution in [2.45, 2.75) is 25.7 Å². The third-order valence-corrected chi connectivity index (χ3v) is 3.20. The number of nitrogens with zero attached hydrogens (tertiary/aromatic N) is 3. The molecule has 1 atom stereocenters. The molecule has 1 amide bonds. The van der Waals surface area contributed by atoms with Crippen LogP contribution in [-0.2, 0) is 29.3 Å². The number of hydrogen-bond acceptors (Lipinski definition) is 3. The van der Waals surface area contributed by atoms with Crippen LogP contribution in [0.5, 0.6) is 0 Å². The molecule has 1 aromatic rings. The fourth-order valence-corrected chi connectivity index (χ4v) is 1.88. The van der Waals surface area contributed by atoms with Crippen LogP contribution in [-0.4, -0.2) is 46.2 Å². The van der Waals surface area contributed by atoms with E-state index in [4.69, 9.17) is 16.3 Å². The molecule has 1 heterocycles. The number of hydrogen-bond donors (Lipinski definition) is 0. The van der Waals surface area contributed by atoms with Gasteiger partial charge in [0, 0.05) is 20.7 Å². The highest BCUT2D eigenvalue weighted by atomic mass is 35.5. The molecule has 1 rings (SSSR count). The second-order valence-electron chi connectivity index (χ2n) is 4.60. The molecule has 0 aliphatic carbocycles. The molecule has 5 nitrogen and oxygen atoms in total. The third-order valence-electron chi connectivity index (χ3n) is 2.97. The Bertz CT molecular complexity index is 491. The number of carbonyl (C=O) groups excluding carboxylic acids is 1. The summed E-state index contributed by atoms with van der Waals surface area (Å²) in [7, 11) is 2.88. The first-order chi connectivity index (χ1) is 9.68.